The van der Waals surface area contributed by atoms with Gasteiger partial charge in [0.2, 0.25) is 11.5 Å². The number of nitrogen functional groups attached to an aromatic ring is 1. The zero-order chi connectivity index (χ0) is 26.3. The Bertz CT molecular complexity index is 1460. The highest BCUT2D eigenvalue weighted by Crippen LogP contribution is 2.40. The molecule has 0 spiro atoms. The van der Waals surface area contributed by atoms with E-state index in [0.717, 1.165) is 22.1 Å². The van der Waals surface area contributed by atoms with Crippen molar-refractivity contribution in [3.63, 3.8) is 0 Å². The SMILES string of the molecule is CC(C)O/N=C(\C(=O)N[C@@H]1C(=O)N2C(C(=O)[O-])=C(C[n+]3ccn4ncccc43)CS[C@H]12)c1nsc(N)n1. The molecule has 2 aliphatic rings. The topological polar surface area (TPSA) is 184 Å². The quantitative estimate of drug-likeness (QED) is 0.143. The number of carboxylic acids is 1. The Morgan fingerprint density at radius 3 is 2.95 bits per heavy atom. The first-order valence-corrected chi connectivity index (χ1v) is 12.9. The molecule has 3 aromatic rings. The number of rotatable bonds is 8. The zero-order valence-corrected chi connectivity index (χ0v) is 21.2. The Kier molecular flexibility index (Phi) is 6.51. The summed E-state index contributed by atoms with van der Waals surface area (Å²) in [5, 5.41) is 22.3. The van der Waals surface area contributed by atoms with Crippen LogP contribution < -0.4 is 20.7 Å². The van der Waals surface area contributed by atoms with Crippen LogP contribution >= 0.6 is 23.3 Å². The maximum absolute atomic E-state index is 13.1. The molecule has 0 unspecified atom stereocenters. The van der Waals surface area contributed by atoms with Crippen LogP contribution in [0.15, 0.2) is 47.1 Å². The van der Waals surface area contributed by atoms with Gasteiger partial charge in [-0.3, -0.25) is 14.5 Å². The molecule has 3 aromatic heterocycles. The fourth-order valence-electron chi connectivity index (χ4n) is 3.95. The molecule has 1 saturated heterocycles. The van der Waals surface area contributed by atoms with E-state index in [9.17, 15) is 19.5 Å². The van der Waals surface area contributed by atoms with Crippen molar-refractivity contribution in [2.75, 3.05) is 11.5 Å². The lowest BCUT2D eigenvalue weighted by Crippen LogP contribution is -2.71. The maximum atomic E-state index is 13.1. The number of hydrogen-bond donors (Lipinski definition) is 2. The molecule has 0 radical (unpaired) electrons. The Balaban J connectivity index is 1.37. The summed E-state index contributed by atoms with van der Waals surface area (Å²) >= 11 is 2.22. The van der Waals surface area contributed by atoms with Gasteiger partial charge in [-0.1, -0.05) is 10.3 Å². The fourth-order valence-corrected chi connectivity index (χ4v) is 5.72. The number of fused-ring (bicyclic) bond motifs is 2. The highest BCUT2D eigenvalue weighted by Gasteiger charge is 2.53. The number of aromatic nitrogens is 5. The molecule has 5 heterocycles. The number of β-lactam (4-membered cyclic amide) rings is 1. The lowest BCUT2D eigenvalue weighted by Gasteiger charge is -2.50. The van der Waals surface area contributed by atoms with E-state index in [4.69, 9.17) is 10.6 Å². The van der Waals surface area contributed by atoms with E-state index >= 15 is 0 Å². The van der Waals surface area contributed by atoms with E-state index in [2.05, 4.69) is 24.9 Å². The molecule has 1 fully saturated rings. The highest BCUT2D eigenvalue weighted by atomic mass is 32.2. The molecule has 2 atom stereocenters. The van der Waals surface area contributed by atoms with E-state index in [-0.39, 0.29) is 35.0 Å². The third kappa shape index (κ3) is 4.60. The average molecular weight is 544 g/mol. The van der Waals surface area contributed by atoms with E-state index in [0.29, 0.717) is 11.3 Å². The van der Waals surface area contributed by atoms with Crippen molar-refractivity contribution < 1.29 is 28.9 Å². The van der Waals surface area contributed by atoms with Crippen LogP contribution in [0.5, 0.6) is 0 Å². The predicted octanol–water partition coefficient (Wildman–Crippen LogP) is -1.71. The average Bonchev–Trinajstić information content (AvgIpc) is 3.48. The minimum atomic E-state index is -1.46. The zero-order valence-electron chi connectivity index (χ0n) is 19.6. The smallest absolute Gasteiger partial charge is 0.307 e. The van der Waals surface area contributed by atoms with Crippen molar-refractivity contribution in [1.29, 1.82) is 0 Å². The van der Waals surface area contributed by atoms with Crippen molar-refractivity contribution in [2.45, 2.75) is 37.9 Å². The van der Waals surface area contributed by atoms with Crippen LogP contribution in [0, 0.1) is 0 Å². The van der Waals surface area contributed by atoms with Gasteiger partial charge in [0.1, 0.15) is 30.3 Å². The molecule has 37 heavy (non-hydrogen) atoms. The summed E-state index contributed by atoms with van der Waals surface area (Å²) in [6, 6.07) is 2.63. The molecule has 2 aliphatic heterocycles. The normalized spacial score (nSPS) is 19.7. The molecule has 0 bridgehead atoms. The van der Waals surface area contributed by atoms with Crippen LogP contribution in [0.25, 0.3) is 5.65 Å². The largest absolute Gasteiger partial charge is 0.543 e. The van der Waals surface area contributed by atoms with Gasteiger partial charge in [0.15, 0.2) is 11.3 Å². The second kappa shape index (κ2) is 9.78. The van der Waals surface area contributed by atoms with Crippen LogP contribution in [0.1, 0.15) is 19.7 Å². The number of carbonyl (C=O) groups is 3. The molecule has 3 N–H and O–H groups in total. The molecular formula is C21H21N9O5S2. The summed E-state index contributed by atoms with van der Waals surface area (Å²) < 4.78 is 7.49. The molecule has 0 saturated carbocycles. The number of hydrogen-bond acceptors (Lipinski definition) is 12. The summed E-state index contributed by atoms with van der Waals surface area (Å²) in [6.45, 7) is 3.68. The Morgan fingerprint density at radius 2 is 2.24 bits per heavy atom. The van der Waals surface area contributed by atoms with Gasteiger partial charge in [0.25, 0.3) is 11.8 Å². The lowest BCUT2D eigenvalue weighted by atomic mass is 10.0. The second-order valence-corrected chi connectivity index (χ2v) is 10.3. The summed E-state index contributed by atoms with van der Waals surface area (Å²) in [7, 11) is 0. The van der Waals surface area contributed by atoms with Gasteiger partial charge in [-0.05, 0) is 19.9 Å². The predicted molar refractivity (Wildman–Crippen MR) is 130 cm³/mol. The van der Waals surface area contributed by atoms with Crippen molar-refractivity contribution in [2.24, 2.45) is 5.16 Å². The Morgan fingerprint density at radius 1 is 1.43 bits per heavy atom. The third-order valence-corrected chi connectivity index (χ3v) is 7.43. The van der Waals surface area contributed by atoms with Crippen molar-refractivity contribution in [3.8, 4) is 0 Å². The second-order valence-electron chi connectivity index (χ2n) is 8.40. The number of amides is 2. The van der Waals surface area contributed by atoms with Crippen LogP contribution in [-0.2, 0) is 25.8 Å². The molecule has 2 amide bonds. The maximum Gasteiger partial charge on any atom is 0.307 e. The number of aliphatic carboxylic acids is 1. The highest BCUT2D eigenvalue weighted by molar-refractivity contribution is 8.00. The fraction of sp³-hybridized carbons (Fsp3) is 0.333. The van der Waals surface area contributed by atoms with Gasteiger partial charge in [-0.25, -0.2) is 4.57 Å². The first-order valence-electron chi connectivity index (χ1n) is 11.1. The number of nitrogens with zero attached hydrogens (tertiary/aromatic N) is 7. The first-order chi connectivity index (χ1) is 17.7. The van der Waals surface area contributed by atoms with E-state index in [1.807, 2.05) is 10.6 Å². The van der Waals surface area contributed by atoms with Crippen LogP contribution in [0.3, 0.4) is 0 Å². The summed E-state index contributed by atoms with van der Waals surface area (Å²) in [6.07, 6.45) is 4.84. The summed E-state index contributed by atoms with van der Waals surface area (Å²) in [5.41, 5.74) is 6.47. The third-order valence-electron chi connectivity index (χ3n) is 5.55. The number of nitrogens with two attached hydrogens (primary N) is 1. The molecule has 0 aromatic carbocycles. The minimum Gasteiger partial charge on any atom is -0.543 e. The van der Waals surface area contributed by atoms with Gasteiger partial charge in [-0.15, -0.1) is 16.3 Å². The Hall–Kier alpha value is -4.05. The number of imidazole rings is 1. The number of thioether (sulfide) groups is 1. The molecule has 5 rings (SSSR count). The van der Waals surface area contributed by atoms with E-state index < -0.39 is 29.2 Å². The van der Waals surface area contributed by atoms with Gasteiger partial charge >= 0.3 is 5.65 Å². The molecule has 192 valence electrons. The molecular weight excluding hydrogens is 522 g/mol. The first kappa shape index (κ1) is 24.6. The Labute approximate surface area is 218 Å². The number of oxime groups is 1. The lowest BCUT2D eigenvalue weighted by molar-refractivity contribution is -0.662. The number of nitrogens with one attached hydrogen (secondary N) is 1. The van der Waals surface area contributed by atoms with Crippen LogP contribution in [0.4, 0.5) is 5.13 Å². The van der Waals surface area contributed by atoms with Crippen LogP contribution in [0.2, 0.25) is 0 Å². The van der Waals surface area contributed by atoms with Gasteiger partial charge in [-0.2, -0.15) is 9.36 Å². The van der Waals surface area contributed by atoms with Gasteiger partial charge < -0.3 is 25.8 Å². The summed E-state index contributed by atoms with van der Waals surface area (Å²) in [5.74, 6) is -2.51. The number of anilines is 1. The van der Waals surface area contributed by atoms with Gasteiger partial charge in [0, 0.05) is 28.9 Å². The van der Waals surface area contributed by atoms with E-state index in [1.54, 1.807) is 43.0 Å². The van der Waals surface area contributed by atoms with Crippen molar-refractivity contribution in [3.05, 3.63) is 47.8 Å². The summed E-state index contributed by atoms with van der Waals surface area (Å²) in [4.78, 5) is 48.6. The minimum absolute atomic E-state index is 0.0375. The van der Waals surface area contributed by atoms with Crippen LogP contribution in [-0.4, -0.2) is 70.6 Å². The number of carbonyl (C=O) groups excluding carboxylic acids is 3. The molecule has 0 aliphatic carbocycles. The number of carboxylic acid groups (broad SMARTS) is 1. The standard InChI is InChI=1S/C21H21N9O5S2/c1-10(2)35-26-13(16-25-21(22)37-27-16)17(31)24-14-18(32)30-15(20(33)34)11(9-36-19(14)30)8-28-6-7-29-12(28)4-3-5-23-29/h3-7,10,14,19H,8-9H2,1-2H3,(H3-,22,24,25,27,31,33,34)/b26-13-/t14-,19-/m1/s1. The van der Waals surface area contributed by atoms with E-state index in [1.165, 1.54) is 11.8 Å². The van der Waals surface area contributed by atoms with Crippen molar-refractivity contribution >= 4 is 57.6 Å². The van der Waals surface area contributed by atoms with Gasteiger partial charge in [0.05, 0.1) is 17.9 Å². The molecule has 16 heteroatoms. The molecule has 14 nitrogen and oxygen atoms in total. The monoisotopic (exact) mass is 543 g/mol. The van der Waals surface area contributed by atoms with Crippen molar-refractivity contribution in [1.82, 2.24) is 29.2 Å².